The molecule has 0 aliphatic heterocycles. The van der Waals surface area contributed by atoms with Gasteiger partial charge in [0.25, 0.3) is 0 Å². The lowest BCUT2D eigenvalue weighted by atomic mass is 10.1. The molecule has 0 atom stereocenters. The summed E-state index contributed by atoms with van der Waals surface area (Å²) < 4.78 is 19.5. The molecule has 1 nitrogen and oxygen atoms in total. The largest absolute Gasteiger partial charge is 0.497 e. The molecule has 3 heteroatoms. The number of rotatable bonds is 2. The van der Waals surface area contributed by atoms with Crippen molar-refractivity contribution in [2.24, 2.45) is 0 Å². The van der Waals surface area contributed by atoms with Crippen molar-refractivity contribution in [1.82, 2.24) is 0 Å². The Balaban J connectivity index is 2.45. The Labute approximate surface area is 102 Å². The topological polar surface area (TPSA) is 9.23 Å². The van der Waals surface area contributed by atoms with Gasteiger partial charge in [0.15, 0.2) is 0 Å². The lowest BCUT2D eigenvalue weighted by Crippen LogP contribution is -1.86. The normalized spacial score (nSPS) is 10.2. The second-order valence-electron chi connectivity index (χ2n) is 3.35. The van der Waals surface area contributed by atoms with Crippen molar-refractivity contribution in [2.45, 2.75) is 0 Å². The summed E-state index contributed by atoms with van der Waals surface area (Å²) in [4.78, 5) is 0. The third-order valence-electron chi connectivity index (χ3n) is 2.33. The number of benzene rings is 2. The van der Waals surface area contributed by atoms with Crippen molar-refractivity contribution in [1.29, 1.82) is 0 Å². The van der Waals surface area contributed by atoms with Crippen LogP contribution in [0.2, 0.25) is 0 Å². The maximum atomic E-state index is 13.6. The van der Waals surface area contributed by atoms with E-state index in [0.717, 1.165) is 15.8 Å². The van der Waals surface area contributed by atoms with Crippen LogP contribution in [0.5, 0.6) is 5.75 Å². The van der Waals surface area contributed by atoms with E-state index < -0.39 is 0 Å². The zero-order valence-electron chi connectivity index (χ0n) is 8.71. The molecule has 0 saturated carbocycles. The molecule has 2 rings (SSSR count). The fraction of sp³-hybridized carbons (Fsp3) is 0.0769. The van der Waals surface area contributed by atoms with Crippen LogP contribution in [0.4, 0.5) is 4.39 Å². The molecule has 0 aliphatic carbocycles. The van der Waals surface area contributed by atoms with Crippen molar-refractivity contribution < 1.29 is 9.13 Å². The van der Waals surface area contributed by atoms with Crippen LogP contribution in [-0.2, 0) is 0 Å². The maximum Gasteiger partial charge on any atom is 0.131 e. The molecule has 0 aliphatic rings. The highest BCUT2D eigenvalue weighted by molar-refractivity contribution is 9.10. The molecule has 2 aromatic carbocycles. The molecule has 0 radical (unpaired) electrons. The summed E-state index contributed by atoms with van der Waals surface area (Å²) in [7, 11) is 1.61. The molecule has 0 aromatic heterocycles. The molecule has 2 aromatic rings. The molecular weight excluding hydrogens is 271 g/mol. The Morgan fingerprint density at radius 2 is 1.75 bits per heavy atom. The molecule has 0 unspecified atom stereocenters. The summed E-state index contributed by atoms with van der Waals surface area (Å²) in [5.41, 5.74) is 1.41. The van der Waals surface area contributed by atoms with E-state index in [9.17, 15) is 4.39 Å². The molecule has 16 heavy (non-hydrogen) atoms. The van der Waals surface area contributed by atoms with Gasteiger partial charge in [-0.25, -0.2) is 4.39 Å². The SMILES string of the molecule is COc1ccc(-c2cc(Br)ccc2F)cc1. The monoisotopic (exact) mass is 280 g/mol. The van der Waals surface area contributed by atoms with Gasteiger partial charge in [-0.1, -0.05) is 28.1 Å². The van der Waals surface area contributed by atoms with Crippen molar-refractivity contribution in [3.63, 3.8) is 0 Å². The predicted octanol–water partition coefficient (Wildman–Crippen LogP) is 4.26. The van der Waals surface area contributed by atoms with Gasteiger partial charge in [0, 0.05) is 10.0 Å². The summed E-state index contributed by atoms with van der Waals surface area (Å²) in [5, 5.41) is 0. The van der Waals surface area contributed by atoms with Gasteiger partial charge in [0.1, 0.15) is 11.6 Å². The highest BCUT2D eigenvalue weighted by atomic mass is 79.9. The fourth-order valence-corrected chi connectivity index (χ4v) is 1.85. The molecule has 82 valence electrons. The molecule has 0 spiro atoms. The van der Waals surface area contributed by atoms with Crippen LogP contribution < -0.4 is 4.74 Å². The van der Waals surface area contributed by atoms with Gasteiger partial charge >= 0.3 is 0 Å². The Hall–Kier alpha value is -1.35. The van der Waals surface area contributed by atoms with E-state index in [0.29, 0.717) is 5.56 Å². The molecule has 0 heterocycles. The predicted molar refractivity (Wildman–Crippen MR) is 66.1 cm³/mol. The minimum absolute atomic E-state index is 0.228. The van der Waals surface area contributed by atoms with E-state index >= 15 is 0 Å². The Morgan fingerprint density at radius 1 is 1.06 bits per heavy atom. The zero-order valence-corrected chi connectivity index (χ0v) is 10.3. The number of ether oxygens (including phenoxy) is 1. The number of halogens is 2. The second-order valence-corrected chi connectivity index (χ2v) is 4.27. The van der Waals surface area contributed by atoms with Crippen LogP contribution in [-0.4, -0.2) is 7.11 Å². The summed E-state index contributed by atoms with van der Waals surface area (Å²) in [6.45, 7) is 0. The van der Waals surface area contributed by atoms with E-state index in [1.807, 2.05) is 24.3 Å². The Bertz CT molecular complexity index is 494. The highest BCUT2D eigenvalue weighted by Gasteiger charge is 2.05. The zero-order chi connectivity index (χ0) is 11.5. The van der Waals surface area contributed by atoms with Crippen molar-refractivity contribution in [3.05, 3.63) is 52.8 Å². The van der Waals surface area contributed by atoms with Crippen LogP contribution >= 0.6 is 15.9 Å². The van der Waals surface area contributed by atoms with Gasteiger partial charge in [-0.3, -0.25) is 0 Å². The first kappa shape index (κ1) is 11.1. The lowest BCUT2D eigenvalue weighted by Gasteiger charge is -2.05. The van der Waals surface area contributed by atoms with Crippen molar-refractivity contribution in [2.75, 3.05) is 7.11 Å². The quantitative estimate of drug-likeness (QED) is 0.799. The first-order chi connectivity index (χ1) is 7.70. The Kier molecular flexibility index (Phi) is 3.25. The molecule has 0 fully saturated rings. The standard InChI is InChI=1S/C13H10BrFO/c1-16-11-5-2-9(3-6-11)12-8-10(14)4-7-13(12)15/h2-8H,1H3. The lowest BCUT2D eigenvalue weighted by molar-refractivity contribution is 0.415. The second kappa shape index (κ2) is 4.66. The summed E-state index contributed by atoms with van der Waals surface area (Å²) in [6.07, 6.45) is 0. The van der Waals surface area contributed by atoms with Crippen LogP contribution in [0.1, 0.15) is 0 Å². The number of hydrogen-bond donors (Lipinski definition) is 0. The average molecular weight is 281 g/mol. The van der Waals surface area contributed by atoms with E-state index in [1.165, 1.54) is 6.07 Å². The summed E-state index contributed by atoms with van der Waals surface area (Å²) in [6, 6.07) is 12.2. The van der Waals surface area contributed by atoms with E-state index in [4.69, 9.17) is 4.74 Å². The van der Waals surface area contributed by atoms with Gasteiger partial charge in [0.05, 0.1) is 7.11 Å². The molecule has 0 N–H and O–H groups in total. The molecule has 0 amide bonds. The first-order valence-corrected chi connectivity index (χ1v) is 5.59. The fourth-order valence-electron chi connectivity index (χ4n) is 1.49. The van der Waals surface area contributed by atoms with Gasteiger partial charge in [-0.15, -0.1) is 0 Å². The van der Waals surface area contributed by atoms with Crippen LogP contribution in [0.3, 0.4) is 0 Å². The van der Waals surface area contributed by atoms with Crippen LogP contribution in [0.15, 0.2) is 46.9 Å². The van der Waals surface area contributed by atoms with Gasteiger partial charge in [0.2, 0.25) is 0 Å². The number of methoxy groups -OCH3 is 1. The number of hydrogen-bond acceptors (Lipinski definition) is 1. The third kappa shape index (κ3) is 2.25. The molecule has 0 saturated heterocycles. The van der Waals surface area contributed by atoms with E-state index in [-0.39, 0.29) is 5.82 Å². The van der Waals surface area contributed by atoms with Crippen molar-refractivity contribution in [3.8, 4) is 16.9 Å². The van der Waals surface area contributed by atoms with E-state index in [2.05, 4.69) is 15.9 Å². The minimum Gasteiger partial charge on any atom is -0.497 e. The molecule has 0 bridgehead atoms. The highest BCUT2D eigenvalue weighted by Crippen LogP contribution is 2.27. The average Bonchev–Trinajstić information content (AvgIpc) is 2.32. The third-order valence-corrected chi connectivity index (χ3v) is 2.82. The molecular formula is C13H10BrFO. The first-order valence-electron chi connectivity index (χ1n) is 4.80. The van der Waals surface area contributed by atoms with Crippen LogP contribution in [0, 0.1) is 5.82 Å². The van der Waals surface area contributed by atoms with Gasteiger partial charge in [-0.2, -0.15) is 0 Å². The summed E-state index contributed by atoms with van der Waals surface area (Å²) in [5.74, 6) is 0.535. The maximum absolute atomic E-state index is 13.6. The van der Waals surface area contributed by atoms with Gasteiger partial charge in [-0.05, 0) is 35.9 Å². The van der Waals surface area contributed by atoms with Crippen molar-refractivity contribution >= 4 is 15.9 Å². The summed E-state index contributed by atoms with van der Waals surface area (Å²) >= 11 is 3.33. The minimum atomic E-state index is -0.228. The van der Waals surface area contributed by atoms with Gasteiger partial charge < -0.3 is 4.74 Å². The smallest absolute Gasteiger partial charge is 0.131 e. The Morgan fingerprint density at radius 3 is 2.38 bits per heavy atom. The van der Waals surface area contributed by atoms with Crippen LogP contribution in [0.25, 0.3) is 11.1 Å². The van der Waals surface area contributed by atoms with E-state index in [1.54, 1.807) is 19.2 Å².